The quantitative estimate of drug-likeness (QED) is 0.219. The molecule has 0 amide bonds. The average molecular weight is 503 g/mol. The third kappa shape index (κ3) is 2.61. The summed E-state index contributed by atoms with van der Waals surface area (Å²) in [6.45, 7) is 0. The van der Waals surface area contributed by atoms with Crippen molar-refractivity contribution in [1.82, 2.24) is 14.5 Å². The van der Waals surface area contributed by atoms with Crippen molar-refractivity contribution in [3.05, 3.63) is 87.9 Å². The van der Waals surface area contributed by atoms with Gasteiger partial charge in [0.15, 0.2) is 0 Å². The molecule has 0 aliphatic carbocycles. The summed E-state index contributed by atoms with van der Waals surface area (Å²) in [5.41, 5.74) is 4.08. The number of hydrogen-bond acceptors (Lipinski definition) is 2. The predicted molar refractivity (Wildman–Crippen MR) is 127 cm³/mol. The highest BCUT2D eigenvalue weighted by Gasteiger charge is 2.15. The minimum Gasteiger partial charge on any atom is -0.294 e. The Labute approximate surface area is 183 Å². The fourth-order valence-corrected chi connectivity index (χ4v) is 4.75. The third-order valence-corrected chi connectivity index (χ3v) is 6.32. The van der Waals surface area contributed by atoms with Gasteiger partial charge in [0.25, 0.3) is 0 Å². The van der Waals surface area contributed by atoms with Crippen LogP contribution in [-0.4, -0.2) is 14.5 Å². The summed E-state index contributed by atoms with van der Waals surface area (Å²) >= 11 is 7.26. The Morgan fingerprint density at radius 1 is 0.655 bits per heavy atom. The van der Waals surface area contributed by atoms with Crippen LogP contribution in [0.25, 0.3) is 49.4 Å². The average Bonchev–Trinajstić information content (AvgIpc) is 3.05. The van der Waals surface area contributed by atoms with E-state index in [-0.39, 0.29) is 0 Å². The maximum atomic E-state index is 5.08. The maximum Gasteiger partial charge on any atom is 0.138 e. The van der Waals surface area contributed by atoms with Crippen molar-refractivity contribution in [2.75, 3.05) is 0 Å². The molecule has 0 aliphatic heterocycles. The molecule has 0 radical (unpaired) electrons. The van der Waals surface area contributed by atoms with E-state index in [4.69, 9.17) is 4.98 Å². The van der Waals surface area contributed by atoms with E-state index in [2.05, 4.69) is 108 Å². The van der Waals surface area contributed by atoms with Crippen LogP contribution in [0.1, 0.15) is 0 Å². The number of fused-ring (bicyclic) bond motifs is 6. The molecule has 3 aromatic carbocycles. The van der Waals surface area contributed by atoms with Crippen LogP contribution in [0.4, 0.5) is 0 Å². The number of pyridine rings is 2. The normalized spacial score (nSPS) is 11.8. The van der Waals surface area contributed by atoms with Gasteiger partial charge in [-0.1, -0.05) is 62.2 Å². The zero-order valence-electron chi connectivity index (χ0n) is 15.1. The maximum absolute atomic E-state index is 5.08. The number of nitrogens with zero attached hydrogens (tertiary/aromatic N) is 3. The van der Waals surface area contributed by atoms with Crippen molar-refractivity contribution in [3.63, 3.8) is 0 Å². The van der Waals surface area contributed by atoms with Crippen molar-refractivity contribution < 1.29 is 0 Å². The molecular formula is C24H13Br2N3. The fraction of sp³-hybridized carbons (Fsp3) is 0. The molecule has 0 spiro atoms. The van der Waals surface area contributed by atoms with Crippen molar-refractivity contribution in [3.8, 4) is 5.82 Å². The summed E-state index contributed by atoms with van der Waals surface area (Å²) in [5.74, 6) is 0.881. The molecular weight excluding hydrogens is 490 g/mol. The van der Waals surface area contributed by atoms with Gasteiger partial charge in [-0.15, -0.1) is 0 Å². The molecule has 0 unspecified atom stereocenters. The lowest BCUT2D eigenvalue weighted by Gasteiger charge is -2.10. The van der Waals surface area contributed by atoms with E-state index in [1.165, 1.54) is 10.8 Å². The monoisotopic (exact) mass is 501 g/mol. The van der Waals surface area contributed by atoms with E-state index in [1.54, 1.807) is 0 Å². The minimum absolute atomic E-state index is 0.881. The first-order chi connectivity index (χ1) is 14.2. The number of aromatic nitrogens is 3. The first-order valence-corrected chi connectivity index (χ1v) is 10.8. The van der Waals surface area contributed by atoms with Gasteiger partial charge in [0.05, 0.1) is 22.1 Å². The zero-order chi connectivity index (χ0) is 19.5. The summed E-state index contributed by atoms with van der Waals surface area (Å²) in [6, 6.07) is 25.2. The lowest BCUT2D eigenvalue weighted by atomic mass is 10.1. The van der Waals surface area contributed by atoms with Crippen LogP contribution in [0, 0.1) is 0 Å². The Balaban J connectivity index is 1.77. The second kappa shape index (κ2) is 6.37. The fourth-order valence-electron chi connectivity index (χ4n) is 4.05. The van der Waals surface area contributed by atoms with E-state index in [1.807, 2.05) is 12.3 Å². The molecule has 0 atom stereocenters. The van der Waals surface area contributed by atoms with Crippen molar-refractivity contribution in [1.29, 1.82) is 0 Å². The molecule has 0 saturated carbocycles. The summed E-state index contributed by atoms with van der Waals surface area (Å²) in [4.78, 5) is 9.67. The second-order valence-electron chi connectivity index (χ2n) is 7.04. The van der Waals surface area contributed by atoms with Gasteiger partial charge >= 0.3 is 0 Å². The van der Waals surface area contributed by atoms with Crippen LogP contribution < -0.4 is 0 Å². The molecule has 0 aliphatic rings. The lowest BCUT2D eigenvalue weighted by molar-refractivity contribution is 1.10. The van der Waals surface area contributed by atoms with Crippen molar-refractivity contribution in [2.24, 2.45) is 0 Å². The van der Waals surface area contributed by atoms with Gasteiger partial charge in [0.1, 0.15) is 5.82 Å². The van der Waals surface area contributed by atoms with E-state index >= 15 is 0 Å². The lowest BCUT2D eigenvalue weighted by Crippen LogP contribution is -1.98. The summed E-state index contributed by atoms with van der Waals surface area (Å²) < 4.78 is 4.31. The predicted octanol–water partition coefficient (Wildman–Crippen LogP) is 7.41. The molecule has 0 bridgehead atoms. The summed E-state index contributed by atoms with van der Waals surface area (Å²) in [6.07, 6.45) is 1.82. The number of halogens is 2. The highest BCUT2D eigenvalue weighted by Crippen LogP contribution is 2.35. The smallest absolute Gasteiger partial charge is 0.138 e. The molecule has 3 aromatic heterocycles. The first-order valence-electron chi connectivity index (χ1n) is 9.23. The van der Waals surface area contributed by atoms with Gasteiger partial charge in [-0.25, -0.2) is 4.98 Å². The molecule has 0 saturated heterocycles. The molecule has 138 valence electrons. The Morgan fingerprint density at radius 3 is 1.97 bits per heavy atom. The molecule has 0 fully saturated rings. The van der Waals surface area contributed by atoms with Crippen molar-refractivity contribution >= 4 is 75.5 Å². The minimum atomic E-state index is 0.881. The van der Waals surface area contributed by atoms with E-state index in [0.29, 0.717) is 0 Å². The number of hydrogen-bond donors (Lipinski definition) is 0. The van der Waals surface area contributed by atoms with Crippen LogP contribution in [0.2, 0.25) is 0 Å². The molecule has 0 N–H and O–H groups in total. The Morgan fingerprint density at radius 2 is 1.28 bits per heavy atom. The first kappa shape index (κ1) is 17.1. The molecule has 3 nitrogen and oxygen atoms in total. The molecule has 3 heterocycles. The summed E-state index contributed by atoms with van der Waals surface area (Å²) in [5, 5.41) is 4.59. The standard InChI is InChI=1S/C24H13Br2N3/c25-16-6-8-18-19-9-7-17(26)13-21(19)29(20(18)12-16)22-10-5-15-4-3-14-2-1-11-27-23(14)24(15)28-22/h1-13H. The van der Waals surface area contributed by atoms with Gasteiger partial charge in [-0.05, 0) is 42.5 Å². The van der Waals surface area contributed by atoms with Gasteiger partial charge in [0.2, 0.25) is 0 Å². The Kier molecular flexibility index (Phi) is 3.76. The third-order valence-electron chi connectivity index (χ3n) is 5.34. The summed E-state index contributed by atoms with van der Waals surface area (Å²) in [7, 11) is 0. The highest BCUT2D eigenvalue weighted by atomic mass is 79.9. The van der Waals surface area contributed by atoms with Crippen LogP contribution in [-0.2, 0) is 0 Å². The van der Waals surface area contributed by atoms with Gasteiger partial charge in [-0.3, -0.25) is 9.55 Å². The van der Waals surface area contributed by atoms with Crippen molar-refractivity contribution in [2.45, 2.75) is 0 Å². The van der Waals surface area contributed by atoms with Gasteiger partial charge < -0.3 is 0 Å². The van der Waals surface area contributed by atoms with Crippen LogP contribution in [0.15, 0.2) is 87.9 Å². The van der Waals surface area contributed by atoms with E-state index in [9.17, 15) is 0 Å². The highest BCUT2D eigenvalue weighted by molar-refractivity contribution is 9.10. The van der Waals surface area contributed by atoms with Gasteiger partial charge in [0, 0.05) is 36.7 Å². The number of rotatable bonds is 1. The van der Waals surface area contributed by atoms with Crippen LogP contribution >= 0.6 is 31.9 Å². The van der Waals surface area contributed by atoms with Crippen LogP contribution in [0.5, 0.6) is 0 Å². The Hall–Kier alpha value is -2.76. The van der Waals surface area contributed by atoms with Gasteiger partial charge in [-0.2, -0.15) is 0 Å². The molecule has 6 aromatic rings. The topological polar surface area (TPSA) is 30.7 Å². The second-order valence-corrected chi connectivity index (χ2v) is 8.87. The van der Waals surface area contributed by atoms with Crippen LogP contribution in [0.3, 0.4) is 0 Å². The van der Waals surface area contributed by atoms with E-state index < -0.39 is 0 Å². The SMILES string of the molecule is Brc1ccc2c3ccc(Br)cc3n(-c3ccc4ccc5cccnc5c4n3)c2c1. The largest absolute Gasteiger partial charge is 0.294 e. The zero-order valence-corrected chi connectivity index (χ0v) is 18.3. The van der Waals surface area contributed by atoms with E-state index in [0.717, 1.165) is 47.6 Å². The number of benzene rings is 3. The molecule has 5 heteroatoms. The molecule has 6 rings (SSSR count). The Bertz CT molecular complexity index is 1520. The molecule has 29 heavy (non-hydrogen) atoms.